The Morgan fingerprint density at radius 1 is 1.02 bits per heavy atom. The van der Waals surface area contributed by atoms with Crippen molar-refractivity contribution in [3.63, 3.8) is 0 Å². The molecule has 0 bridgehead atoms. The summed E-state index contributed by atoms with van der Waals surface area (Å²) in [5.41, 5.74) is 1.71. The number of hydrogen-bond donors (Lipinski definition) is 1. The quantitative estimate of drug-likeness (QED) is 0.240. The maximum absolute atomic E-state index is 13.9. The molecule has 2 amide bonds. The third-order valence-electron chi connectivity index (χ3n) is 9.93. The third-order valence-corrected chi connectivity index (χ3v) is 10.6. The molecule has 2 aliphatic heterocycles. The molecule has 0 spiro atoms. The largest absolute Gasteiger partial charge is 0.463 e. The van der Waals surface area contributed by atoms with Crippen molar-refractivity contribution < 1.29 is 36.7 Å². The van der Waals surface area contributed by atoms with Crippen molar-refractivity contribution in [2.75, 3.05) is 51.2 Å². The van der Waals surface area contributed by atoms with Gasteiger partial charge in [0.25, 0.3) is 5.91 Å². The number of likely N-dealkylation sites (tertiary alicyclic amines) is 1. The van der Waals surface area contributed by atoms with Crippen LogP contribution in [0.4, 0.5) is 18.9 Å². The van der Waals surface area contributed by atoms with Gasteiger partial charge in [-0.1, -0.05) is 41.4 Å². The monoisotopic (exact) mass is 722 g/mol. The fourth-order valence-electron chi connectivity index (χ4n) is 7.23. The Balaban J connectivity index is 1.12. The van der Waals surface area contributed by atoms with Crippen molar-refractivity contribution in [1.29, 1.82) is 0 Å². The van der Waals surface area contributed by atoms with E-state index in [4.69, 9.17) is 32.4 Å². The minimum Gasteiger partial charge on any atom is -0.463 e. The highest BCUT2D eigenvalue weighted by atomic mass is 35.5. The van der Waals surface area contributed by atoms with Gasteiger partial charge in [-0.3, -0.25) is 19.4 Å². The summed E-state index contributed by atoms with van der Waals surface area (Å²) in [6.45, 7) is 1.39. The summed E-state index contributed by atoms with van der Waals surface area (Å²) in [7, 11) is 0. The highest BCUT2D eigenvalue weighted by Gasteiger charge is 2.40. The van der Waals surface area contributed by atoms with Crippen LogP contribution in [0.25, 0.3) is 11.0 Å². The van der Waals surface area contributed by atoms with Gasteiger partial charge < -0.3 is 24.2 Å². The van der Waals surface area contributed by atoms with E-state index in [2.05, 4.69) is 10.2 Å². The second kappa shape index (κ2) is 15.4. The zero-order valence-corrected chi connectivity index (χ0v) is 28.4. The standard InChI is InChI=1S/C35H39Cl2F3N4O5/c36-29-16-31(41-34(47)28-20-49-32-4-2-1-3-27(28)32)30(37)13-23(29)14-33(46)44-17-24(43-11-9-42(10-12-43)21-35(38,39)40)15-25(44)19-48-26-7-5-22(18-45)6-8-26/h1-4,13,16,18,20,22,24-26H,5-12,14-15,17,19,21H2,(H,41,47)/t22-,24-,25-,26-/m0/s1. The van der Waals surface area contributed by atoms with E-state index in [0.717, 1.165) is 32.0 Å². The number of furan rings is 1. The van der Waals surface area contributed by atoms with Crippen molar-refractivity contribution >= 4 is 58.0 Å². The Labute approximate surface area is 292 Å². The van der Waals surface area contributed by atoms with E-state index >= 15 is 0 Å². The Kier molecular flexibility index (Phi) is 11.2. The number of para-hydroxylation sites is 1. The van der Waals surface area contributed by atoms with Crippen LogP contribution in [-0.4, -0.2) is 103 Å². The SMILES string of the molecule is O=C[C@H]1CC[C@H](OC[C@@H]2C[C@H](N3CCN(CC(F)(F)F)CC3)CN2C(=O)Cc2cc(Cl)c(NC(=O)c3coc4ccccc34)cc2Cl)CC1. The molecule has 6 rings (SSSR count). The molecule has 49 heavy (non-hydrogen) atoms. The number of halogens is 5. The number of alkyl halides is 3. The molecular weight excluding hydrogens is 684 g/mol. The summed E-state index contributed by atoms with van der Waals surface area (Å²) in [5, 5.41) is 3.92. The fourth-order valence-corrected chi connectivity index (χ4v) is 7.69. The average molecular weight is 724 g/mol. The van der Waals surface area contributed by atoms with Gasteiger partial charge in [-0.2, -0.15) is 13.2 Å². The Bertz CT molecular complexity index is 1650. The molecule has 2 atom stereocenters. The lowest BCUT2D eigenvalue weighted by atomic mass is 9.88. The first-order chi connectivity index (χ1) is 23.5. The average Bonchev–Trinajstić information content (AvgIpc) is 3.71. The molecular formula is C35H39Cl2F3N4O5. The molecule has 0 radical (unpaired) electrons. The summed E-state index contributed by atoms with van der Waals surface area (Å²) in [6, 6.07) is 10.0. The summed E-state index contributed by atoms with van der Waals surface area (Å²) in [6.07, 6.45) is 1.87. The van der Waals surface area contributed by atoms with E-state index in [1.54, 1.807) is 23.1 Å². The van der Waals surface area contributed by atoms with Crippen molar-refractivity contribution in [2.24, 2.45) is 5.92 Å². The smallest absolute Gasteiger partial charge is 0.401 e. The third kappa shape index (κ3) is 8.78. The van der Waals surface area contributed by atoms with Gasteiger partial charge >= 0.3 is 6.18 Å². The number of carbonyl (C=O) groups excluding carboxylic acids is 3. The van der Waals surface area contributed by atoms with Crippen LogP contribution in [0.1, 0.15) is 48.0 Å². The number of piperazine rings is 1. The summed E-state index contributed by atoms with van der Waals surface area (Å²) < 4.78 is 50.7. The zero-order chi connectivity index (χ0) is 34.7. The number of carbonyl (C=O) groups is 3. The van der Waals surface area contributed by atoms with Crippen LogP contribution >= 0.6 is 23.2 Å². The van der Waals surface area contributed by atoms with Gasteiger partial charge in [0.2, 0.25) is 5.91 Å². The molecule has 3 heterocycles. The van der Waals surface area contributed by atoms with Crippen molar-refractivity contribution in [3.8, 4) is 0 Å². The van der Waals surface area contributed by atoms with E-state index < -0.39 is 18.6 Å². The lowest BCUT2D eigenvalue weighted by Gasteiger charge is -2.38. The van der Waals surface area contributed by atoms with Crippen molar-refractivity contribution in [2.45, 2.75) is 62.9 Å². The molecule has 0 unspecified atom stereocenters. The van der Waals surface area contributed by atoms with Crippen LogP contribution in [0.15, 0.2) is 47.1 Å². The molecule has 3 aromatic rings. The van der Waals surface area contributed by atoms with Gasteiger partial charge in [0.15, 0.2) is 0 Å². The molecule has 264 valence electrons. The van der Waals surface area contributed by atoms with Crippen LogP contribution in [0, 0.1) is 5.92 Å². The van der Waals surface area contributed by atoms with Crippen LogP contribution < -0.4 is 5.32 Å². The van der Waals surface area contributed by atoms with Crippen LogP contribution in [0.3, 0.4) is 0 Å². The zero-order valence-electron chi connectivity index (χ0n) is 26.9. The van der Waals surface area contributed by atoms with Gasteiger partial charge in [-0.05, 0) is 55.9 Å². The Morgan fingerprint density at radius 3 is 2.47 bits per heavy atom. The Morgan fingerprint density at radius 2 is 1.76 bits per heavy atom. The lowest BCUT2D eigenvalue weighted by Crippen LogP contribution is -2.52. The van der Waals surface area contributed by atoms with E-state index in [0.29, 0.717) is 73.5 Å². The number of hydrogen-bond acceptors (Lipinski definition) is 7. The van der Waals surface area contributed by atoms with Gasteiger partial charge in [0.05, 0.1) is 48.0 Å². The predicted octanol–water partition coefficient (Wildman–Crippen LogP) is 6.46. The number of nitrogens with zero attached hydrogens (tertiary/aromatic N) is 3. The first-order valence-electron chi connectivity index (χ1n) is 16.6. The molecule has 2 aromatic carbocycles. The number of amides is 2. The van der Waals surface area contributed by atoms with E-state index in [9.17, 15) is 27.6 Å². The van der Waals surface area contributed by atoms with Crippen molar-refractivity contribution in [3.05, 3.63) is 63.8 Å². The molecule has 1 N–H and O–H groups in total. The highest BCUT2D eigenvalue weighted by molar-refractivity contribution is 6.36. The number of rotatable bonds is 10. The van der Waals surface area contributed by atoms with E-state index in [-0.39, 0.29) is 46.5 Å². The first kappa shape index (κ1) is 35.7. The maximum Gasteiger partial charge on any atom is 0.401 e. The number of anilines is 1. The number of ether oxygens (including phenoxy) is 1. The van der Waals surface area contributed by atoms with Gasteiger partial charge in [-0.15, -0.1) is 0 Å². The second-order valence-corrected chi connectivity index (χ2v) is 14.0. The topological polar surface area (TPSA) is 95.3 Å². The Hall–Kier alpha value is -3.16. The molecule has 3 fully saturated rings. The highest BCUT2D eigenvalue weighted by Crippen LogP contribution is 2.33. The lowest BCUT2D eigenvalue weighted by molar-refractivity contribution is -0.150. The molecule has 9 nitrogen and oxygen atoms in total. The molecule has 2 saturated heterocycles. The first-order valence-corrected chi connectivity index (χ1v) is 17.4. The van der Waals surface area contributed by atoms with Gasteiger partial charge in [-0.25, -0.2) is 0 Å². The van der Waals surface area contributed by atoms with Crippen LogP contribution in [0.5, 0.6) is 0 Å². The number of benzene rings is 2. The summed E-state index contributed by atoms with van der Waals surface area (Å²) >= 11 is 13.2. The number of nitrogens with one attached hydrogen (secondary N) is 1. The predicted molar refractivity (Wildman–Crippen MR) is 180 cm³/mol. The molecule has 1 aromatic heterocycles. The fraction of sp³-hybridized carbons (Fsp3) is 0.514. The van der Waals surface area contributed by atoms with E-state index in [1.165, 1.54) is 17.2 Å². The van der Waals surface area contributed by atoms with Gasteiger partial charge in [0.1, 0.15) is 18.1 Å². The number of aldehydes is 1. The maximum atomic E-state index is 13.9. The minimum atomic E-state index is -4.24. The minimum absolute atomic E-state index is 0.00848. The molecule has 1 aliphatic carbocycles. The normalized spacial score (nSPS) is 24.0. The van der Waals surface area contributed by atoms with E-state index in [1.807, 2.05) is 12.1 Å². The summed E-state index contributed by atoms with van der Waals surface area (Å²) in [4.78, 5) is 43.5. The molecule has 14 heteroatoms. The van der Waals surface area contributed by atoms with Crippen LogP contribution in [0.2, 0.25) is 10.0 Å². The number of fused-ring (bicyclic) bond motifs is 1. The molecule has 3 aliphatic rings. The molecule has 1 saturated carbocycles. The summed E-state index contributed by atoms with van der Waals surface area (Å²) in [5.74, 6) is -0.528. The second-order valence-electron chi connectivity index (χ2n) is 13.2. The van der Waals surface area contributed by atoms with Crippen molar-refractivity contribution in [1.82, 2.24) is 14.7 Å². The van der Waals surface area contributed by atoms with Gasteiger partial charge in [0, 0.05) is 55.1 Å². The van der Waals surface area contributed by atoms with Crippen LogP contribution in [-0.2, 0) is 20.7 Å².